The quantitative estimate of drug-likeness (QED) is 0.291. The third-order valence-electron chi connectivity index (χ3n) is 4.53. The van der Waals surface area contributed by atoms with Gasteiger partial charge in [0.05, 0.1) is 20.2 Å². The number of guanidine groups is 1. The van der Waals surface area contributed by atoms with E-state index in [0.717, 1.165) is 34.5 Å². The molecule has 0 amide bonds. The van der Waals surface area contributed by atoms with Crippen molar-refractivity contribution in [3.8, 4) is 5.75 Å². The van der Waals surface area contributed by atoms with E-state index >= 15 is 0 Å². The van der Waals surface area contributed by atoms with Crippen LogP contribution in [0.15, 0.2) is 47.7 Å². The van der Waals surface area contributed by atoms with Crippen LogP contribution in [0.25, 0.3) is 0 Å². The summed E-state index contributed by atoms with van der Waals surface area (Å²) in [4.78, 5) is 4.71. The summed E-state index contributed by atoms with van der Waals surface area (Å²) < 4.78 is 9.19. The SMILES string of the molecule is COc1ccc(CNC(=NCc2ccn(C)c2)NCc2nnc(C)n2C)cc1.I. The average Bonchev–Trinajstić information content (AvgIpc) is 3.27. The summed E-state index contributed by atoms with van der Waals surface area (Å²) >= 11 is 0. The van der Waals surface area contributed by atoms with Crippen molar-refractivity contribution in [1.29, 1.82) is 0 Å². The van der Waals surface area contributed by atoms with E-state index in [2.05, 4.69) is 33.1 Å². The summed E-state index contributed by atoms with van der Waals surface area (Å²) in [5.74, 6) is 3.31. The number of aryl methyl sites for hydroxylation is 2. The number of rotatable bonds is 7. The Bertz CT molecular complexity index is 931. The van der Waals surface area contributed by atoms with Gasteiger partial charge in [0.25, 0.3) is 0 Å². The highest BCUT2D eigenvalue weighted by Gasteiger charge is 2.07. The molecule has 0 atom stereocenters. The van der Waals surface area contributed by atoms with Crippen molar-refractivity contribution >= 4 is 29.9 Å². The topological polar surface area (TPSA) is 81.3 Å². The van der Waals surface area contributed by atoms with Gasteiger partial charge in [-0.25, -0.2) is 4.99 Å². The minimum Gasteiger partial charge on any atom is -0.497 e. The standard InChI is InChI=1S/C20H27N7O.HI/c1-15-24-25-19(27(15)3)13-23-20(22-12-17-9-10-26(2)14-17)21-11-16-5-7-18(28-4)8-6-16;/h5-10,14H,11-13H2,1-4H3,(H2,21,22,23);1H. The van der Waals surface area contributed by atoms with Gasteiger partial charge >= 0.3 is 0 Å². The number of nitrogens with zero attached hydrogens (tertiary/aromatic N) is 5. The maximum Gasteiger partial charge on any atom is 0.192 e. The van der Waals surface area contributed by atoms with E-state index in [1.54, 1.807) is 7.11 Å². The highest BCUT2D eigenvalue weighted by molar-refractivity contribution is 14.0. The van der Waals surface area contributed by atoms with Crippen molar-refractivity contribution in [2.75, 3.05) is 7.11 Å². The van der Waals surface area contributed by atoms with Crippen LogP contribution in [-0.2, 0) is 33.7 Å². The molecule has 0 fully saturated rings. The normalized spacial score (nSPS) is 11.1. The Hall–Kier alpha value is -2.56. The van der Waals surface area contributed by atoms with Crippen LogP contribution >= 0.6 is 24.0 Å². The summed E-state index contributed by atoms with van der Waals surface area (Å²) in [6, 6.07) is 10.0. The molecule has 8 nitrogen and oxygen atoms in total. The molecule has 2 N–H and O–H groups in total. The smallest absolute Gasteiger partial charge is 0.192 e. The van der Waals surface area contributed by atoms with Crippen LogP contribution in [0, 0.1) is 6.92 Å². The molecular formula is C20H28IN7O. The third kappa shape index (κ3) is 6.48. The van der Waals surface area contributed by atoms with Gasteiger partial charge in [-0.15, -0.1) is 34.2 Å². The fourth-order valence-corrected chi connectivity index (χ4v) is 2.70. The van der Waals surface area contributed by atoms with Crippen LogP contribution < -0.4 is 15.4 Å². The van der Waals surface area contributed by atoms with Gasteiger partial charge in [0.2, 0.25) is 0 Å². The van der Waals surface area contributed by atoms with Crippen LogP contribution in [0.5, 0.6) is 5.75 Å². The van der Waals surface area contributed by atoms with Crippen LogP contribution in [0.2, 0.25) is 0 Å². The predicted octanol–water partition coefficient (Wildman–Crippen LogP) is 2.52. The molecule has 2 aromatic heterocycles. The van der Waals surface area contributed by atoms with Gasteiger partial charge in [-0.2, -0.15) is 0 Å². The lowest BCUT2D eigenvalue weighted by Crippen LogP contribution is -2.37. The van der Waals surface area contributed by atoms with Crippen molar-refractivity contribution in [3.63, 3.8) is 0 Å². The minimum atomic E-state index is 0. The molecule has 29 heavy (non-hydrogen) atoms. The molecule has 0 spiro atoms. The molecular weight excluding hydrogens is 481 g/mol. The molecule has 9 heteroatoms. The zero-order valence-electron chi connectivity index (χ0n) is 17.2. The molecule has 0 aliphatic carbocycles. The number of aromatic nitrogens is 4. The predicted molar refractivity (Wildman–Crippen MR) is 124 cm³/mol. The lowest BCUT2D eigenvalue weighted by atomic mass is 10.2. The molecule has 0 aliphatic rings. The number of ether oxygens (including phenoxy) is 1. The van der Waals surface area contributed by atoms with Crippen molar-refractivity contribution < 1.29 is 4.74 Å². The summed E-state index contributed by atoms with van der Waals surface area (Å²) in [5, 5.41) is 15.0. The lowest BCUT2D eigenvalue weighted by molar-refractivity contribution is 0.414. The maximum absolute atomic E-state index is 5.21. The Morgan fingerprint density at radius 2 is 1.76 bits per heavy atom. The van der Waals surface area contributed by atoms with E-state index in [4.69, 9.17) is 9.73 Å². The first-order valence-electron chi connectivity index (χ1n) is 9.16. The molecule has 1 aromatic carbocycles. The largest absolute Gasteiger partial charge is 0.497 e. The van der Waals surface area contributed by atoms with Crippen molar-refractivity contribution in [3.05, 3.63) is 65.5 Å². The number of hydrogen-bond acceptors (Lipinski definition) is 4. The van der Waals surface area contributed by atoms with E-state index in [-0.39, 0.29) is 24.0 Å². The molecule has 0 bridgehead atoms. The van der Waals surface area contributed by atoms with Crippen molar-refractivity contribution in [2.45, 2.75) is 26.6 Å². The fraction of sp³-hybridized carbons (Fsp3) is 0.350. The summed E-state index contributed by atoms with van der Waals surface area (Å²) in [6.45, 7) is 3.72. The minimum absolute atomic E-state index is 0. The van der Waals surface area contributed by atoms with E-state index in [1.807, 2.05) is 60.6 Å². The number of benzene rings is 1. The summed E-state index contributed by atoms with van der Waals surface area (Å²) in [5.41, 5.74) is 2.30. The summed E-state index contributed by atoms with van der Waals surface area (Å²) in [7, 11) is 5.63. The number of halogens is 1. The first kappa shape index (κ1) is 22.7. The second kappa shape index (κ2) is 10.8. The monoisotopic (exact) mass is 509 g/mol. The molecule has 0 aliphatic heterocycles. The fourth-order valence-electron chi connectivity index (χ4n) is 2.70. The van der Waals surface area contributed by atoms with Gasteiger partial charge < -0.3 is 24.5 Å². The van der Waals surface area contributed by atoms with Gasteiger partial charge in [-0.1, -0.05) is 12.1 Å². The van der Waals surface area contributed by atoms with Crippen LogP contribution in [0.3, 0.4) is 0 Å². The molecule has 3 rings (SSSR count). The van der Waals surface area contributed by atoms with Gasteiger partial charge in [-0.3, -0.25) is 0 Å². The van der Waals surface area contributed by atoms with E-state index < -0.39 is 0 Å². The molecule has 0 saturated heterocycles. The maximum atomic E-state index is 5.21. The number of aliphatic imine (C=N–C) groups is 1. The number of hydrogen-bond donors (Lipinski definition) is 2. The van der Waals surface area contributed by atoms with Crippen LogP contribution in [-0.4, -0.2) is 32.4 Å². The van der Waals surface area contributed by atoms with Gasteiger partial charge in [0, 0.05) is 33.0 Å². The van der Waals surface area contributed by atoms with Crippen molar-refractivity contribution in [2.24, 2.45) is 19.1 Å². The zero-order valence-corrected chi connectivity index (χ0v) is 19.5. The Balaban J connectivity index is 0.00000300. The molecule has 0 radical (unpaired) electrons. The van der Waals surface area contributed by atoms with Crippen molar-refractivity contribution in [1.82, 2.24) is 30.0 Å². The number of methoxy groups -OCH3 is 1. The molecule has 156 valence electrons. The molecule has 0 saturated carbocycles. The molecule has 3 aromatic rings. The van der Waals surface area contributed by atoms with Gasteiger partial charge in [0.15, 0.2) is 11.8 Å². The second-order valence-electron chi connectivity index (χ2n) is 6.63. The highest BCUT2D eigenvalue weighted by atomic mass is 127. The van der Waals surface area contributed by atoms with Gasteiger partial charge in [-0.05, 0) is 36.2 Å². The Kier molecular flexibility index (Phi) is 8.50. The zero-order chi connectivity index (χ0) is 19.9. The third-order valence-corrected chi connectivity index (χ3v) is 4.53. The molecule has 0 unspecified atom stereocenters. The highest BCUT2D eigenvalue weighted by Crippen LogP contribution is 2.11. The Labute approximate surface area is 188 Å². The average molecular weight is 509 g/mol. The lowest BCUT2D eigenvalue weighted by Gasteiger charge is -2.13. The first-order valence-corrected chi connectivity index (χ1v) is 9.16. The van der Waals surface area contributed by atoms with E-state index in [9.17, 15) is 0 Å². The number of nitrogens with one attached hydrogen (secondary N) is 2. The molecule has 2 heterocycles. The summed E-state index contributed by atoms with van der Waals surface area (Å²) in [6.07, 6.45) is 4.09. The van der Waals surface area contributed by atoms with E-state index in [0.29, 0.717) is 19.6 Å². The Morgan fingerprint density at radius 1 is 1.03 bits per heavy atom. The van der Waals surface area contributed by atoms with Crippen LogP contribution in [0.4, 0.5) is 0 Å². The van der Waals surface area contributed by atoms with E-state index in [1.165, 1.54) is 0 Å². The first-order chi connectivity index (χ1) is 13.5. The Morgan fingerprint density at radius 3 is 2.34 bits per heavy atom. The van der Waals surface area contributed by atoms with Crippen LogP contribution in [0.1, 0.15) is 22.8 Å². The van der Waals surface area contributed by atoms with Gasteiger partial charge in [0.1, 0.15) is 11.6 Å². The second-order valence-corrected chi connectivity index (χ2v) is 6.63.